The summed E-state index contributed by atoms with van der Waals surface area (Å²) < 4.78 is 0.967. The van der Waals surface area contributed by atoms with Crippen LogP contribution in [0.4, 0.5) is 11.5 Å². The predicted octanol–water partition coefficient (Wildman–Crippen LogP) is 3.46. The molecule has 1 N–H and O–H groups in total. The molecule has 108 valence electrons. The number of nitrogens with zero attached hydrogens (tertiary/aromatic N) is 2. The number of nitrogens with one attached hydrogen (secondary N) is 1. The Morgan fingerprint density at radius 2 is 2.00 bits per heavy atom. The third-order valence-corrected chi connectivity index (χ3v) is 3.53. The summed E-state index contributed by atoms with van der Waals surface area (Å²) in [4.78, 5) is 26.7. The molecule has 1 aromatic heterocycles. The minimum atomic E-state index is -0.500. The molecule has 2 aromatic rings. The van der Waals surface area contributed by atoms with Crippen molar-refractivity contribution in [3.63, 3.8) is 0 Å². The number of nitro groups is 1. The van der Waals surface area contributed by atoms with Gasteiger partial charge in [-0.15, -0.1) is 0 Å². The van der Waals surface area contributed by atoms with Crippen molar-refractivity contribution in [2.24, 2.45) is 0 Å². The predicted molar refractivity (Wildman–Crippen MR) is 87.5 cm³/mol. The highest BCUT2D eigenvalue weighted by atomic mass is 127. The number of amides is 1. The number of hydrogen-bond donors (Lipinski definition) is 1. The average molecular weight is 397 g/mol. The first-order chi connectivity index (χ1) is 9.88. The van der Waals surface area contributed by atoms with Crippen LogP contribution in [0.25, 0.3) is 0 Å². The number of carbonyl (C=O) groups is 1. The highest BCUT2D eigenvalue weighted by Gasteiger charge is 2.15. The number of carbonyl (C=O) groups excluding carboxylic acids is 1. The van der Waals surface area contributed by atoms with E-state index < -0.39 is 10.8 Å². The standard InChI is InChI=1S/C14H12IN3O3/c1-8-3-4-10(6-12(8)18(20)21)14(19)17-13-9(2)5-11(15)7-16-13/h3-7H,1-2H3,(H,16,17,19). The van der Waals surface area contributed by atoms with Gasteiger partial charge in [0, 0.05) is 27.0 Å². The highest BCUT2D eigenvalue weighted by Crippen LogP contribution is 2.21. The van der Waals surface area contributed by atoms with E-state index in [4.69, 9.17) is 0 Å². The SMILES string of the molecule is Cc1ccc(C(=O)Nc2ncc(I)cc2C)cc1[N+](=O)[O-]. The molecule has 0 saturated carbocycles. The fourth-order valence-electron chi connectivity index (χ4n) is 1.80. The maximum atomic E-state index is 12.2. The van der Waals surface area contributed by atoms with Gasteiger partial charge in [-0.3, -0.25) is 14.9 Å². The smallest absolute Gasteiger partial charge is 0.273 e. The summed E-state index contributed by atoms with van der Waals surface area (Å²) in [7, 11) is 0. The van der Waals surface area contributed by atoms with Crippen LogP contribution in [-0.2, 0) is 0 Å². The van der Waals surface area contributed by atoms with Gasteiger partial charge >= 0.3 is 0 Å². The topological polar surface area (TPSA) is 85.1 Å². The third-order valence-electron chi connectivity index (χ3n) is 2.94. The zero-order valence-electron chi connectivity index (χ0n) is 11.4. The van der Waals surface area contributed by atoms with Crippen molar-refractivity contribution in [2.45, 2.75) is 13.8 Å². The molecule has 0 aliphatic rings. The number of rotatable bonds is 3. The summed E-state index contributed by atoms with van der Waals surface area (Å²) in [5.41, 5.74) is 1.50. The molecule has 0 aliphatic carbocycles. The second-order valence-electron chi connectivity index (χ2n) is 4.53. The first-order valence-corrected chi connectivity index (χ1v) is 7.15. The largest absolute Gasteiger partial charge is 0.306 e. The fraction of sp³-hybridized carbons (Fsp3) is 0.143. The van der Waals surface area contributed by atoms with Crippen molar-refractivity contribution >= 4 is 40.0 Å². The number of aromatic nitrogens is 1. The summed E-state index contributed by atoms with van der Waals surface area (Å²) in [5, 5.41) is 13.6. The molecule has 6 nitrogen and oxygen atoms in total. The maximum absolute atomic E-state index is 12.2. The van der Waals surface area contributed by atoms with Gasteiger partial charge in [0.05, 0.1) is 4.92 Å². The van der Waals surface area contributed by atoms with Crippen molar-refractivity contribution in [2.75, 3.05) is 5.32 Å². The third kappa shape index (κ3) is 3.54. The zero-order chi connectivity index (χ0) is 15.6. The van der Waals surface area contributed by atoms with Crippen LogP contribution in [0.2, 0.25) is 0 Å². The molecule has 0 atom stereocenters. The normalized spacial score (nSPS) is 10.2. The number of nitro benzene ring substituents is 1. The van der Waals surface area contributed by atoms with Crippen LogP contribution in [0, 0.1) is 27.5 Å². The molecule has 1 heterocycles. The lowest BCUT2D eigenvalue weighted by Gasteiger charge is -2.08. The van der Waals surface area contributed by atoms with Crippen LogP contribution in [0.3, 0.4) is 0 Å². The van der Waals surface area contributed by atoms with E-state index in [-0.39, 0.29) is 11.3 Å². The number of benzene rings is 1. The van der Waals surface area contributed by atoms with Crippen LogP contribution < -0.4 is 5.32 Å². The Balaban J connectivity index is 2.28. The number of anilines is 1. The first-order valence-electron chi connectivity index (χ1n) is 6.07. The molecular formula is C14H12IN3O3. The van der Waals surface area contributed by atoms with Gasteiger partial charge in [-0.25, -0.2) is 4.98 Å². The van der Waals surface area contributed by atoms with Crippen LogP contribution in [0.1, 0.15) is 21.5 Å². The van der Waals surface area contributed by atoms with E-state index in [1.54, 1.807) is 25.3 Å². The number of halogens is 1. The molecule has 1 amide bonds. The quantitative estimate of drug-likeness (QED) is 0.488. The van der Waals surface area contributed by atoms with Crippen molar-refractivity contribution in [1.29, 1.82) is 0 Å². The van der Waals surface area contributed by atoms with Gasteiger partial charge in [0.2, 0.25) is 0 Å². The van der Waals surface area contributed by atoms with Gasteiger partial charge in [-0.1, -0.05) is 6.07 Å². The van der Waals surface area contributed by atoms with E-state index in [1.807, 2.05) is 13.0 Å². The van der Waals surface area contributed by atoms with Gasteiger partial charge in [0.15, 0.2) is 0 Å². The van der Waals surface area contributed by atoms with Crippen molar-refractivity contribution in [3.05, 3.63) is 60.8 Å². The first kappa shape index (κ1) is 15.4. The van der Waals surface area contributed by atoms with Crippen LogP contribution in [0.5, 0.6) is 0 Å². The fourth-order valence-corrected chi connectivity index (χ4v) is 2.40. The molecule has 7 heteroatoms. The van der Waals surface area contributed by atoms with Crippen LogP contribution in [0.15, 0.2) is 30.5 Å². The van der Waals surface area contributed by atoms with Gasteiger partial charge in [-0.05, 0) is 54.1 Å². The van der Waals surface area contributed by atoms with Crippen molar-refractivity contribution < 1.29 is 9.72 Å². The lowest BCUT2D eigenvalue weighted by atomic mass is 10.1. The van der Waals surface area contributed by atoms with Crippen molar-refractivity contribution in [3.8, 4) is 0 Å². The maximum Gasteiger partial charge on any atom is 0.273 e. The minimum absolute atomic E-state index is 0.0741. The summed E-state index contributed by atoms with van der Waals surface area (Å²) in [6, 6.07) is 6.27. The highest BCUT2D eigenvalue weighted by molar-refractivity contribution is 14.1. The molecule has 0 radical (unpaired) electrons. The summed E-state index contributed by atoms with van der Waals surface area (Å²) in [5.74, 6) is 0.0264. The summed E-state index contributed by atoms with van der Waals surface area (Å²) in [6.45, 7) is 3.47. The molecular weight excluding hydrogens is 385 g/mol. The Morgan fingerprint density at radius 1 is 1.29 bits per heavy atom. The van der Waals surface area contributed by atoms with Gasteiger partial charge < -0.3 is 5.32 Å². The lowest BCUT2D eigenvalue weighted by molar-refractivity contribution is -0.385. The van der Waals surface area contributed by atoms with E-state index >= 15 is 0 Å². The Hall–Kier alpha value is -2.03. The van der Waals surface area contributed by atoms with Gasteiger partial charge in [0.1, 0.15) is 5.82 Å². The van der Waals surface area contributed by atoms with E-state index in [0.717, 1.165) is 9.13 Å². The van der Waals surface area contributed by atoms with Gasteiger partial charge in [-0.2, -0.15) is 0 Å². The number of pyridine rings is 1. The van der Waals surface area contributed by atoms with Crippen LogP contribution in [-0.4, -0.2) is 15.8 Å². The zero-order valence-corrected chi connectivity index (χ0v) is 13.5. The molecule has 0 aliphatic heterocycles. The van der Waals surface area contributed by atoms with E-state index in [2.05, 4.69) is 32.9 Å². The second-order valence-corrected chi connectivity index (χ2v) is 5.78. The van der Waals surface area contributed by atoms with E-state index in [9.17, 15) is 14.9 Å². The van der Waals surface area contributed by atoms with E-state index in [1.165, 1.54) is 6.07 Å². The second kappa shape index (κ2) is 6.17. The molecule has 0 unspecified atom stereocenters. The van der Waals surface area contributed by atoms with Gasteiger partial charge in [0.25, 0.3) is 11.6 Å². The van der Waals surface area contributed by atoms with Crippen molar-refractivity contribution in [1.82, 2.24) is 4.98 Å². The van der Waals surface area contributed by atoms with Crippen LogP contribution >= 0.6 is 22.6 Å². The molecule has 1 aromatic carbocycles. The average Bonchev–Trinajstić information content (AvgIpc) is 2.42. The lowest BCUT2D eigenvalue weighted by Crippen LogP contribution is -2.14. The molecule has 0 saturated heterocycles. The Bertz CT molecular complexity index is 731. The minimum Gasteiger partial charge on any atom is -0.306 e. The number of hydrogen-bond acceptors (Lipinski definition) is 4. The Kier molecular flexibility index (Phi) is 4.51. The summed E-state index contributed by atoms with van der Waals surface area (Å²) >= 11 is 2.13. The monoisotopic (exact) mass is 397 g/mol. The molecule has 2 rings (SSSR count). The molecule has 0 fully saturated rings. The molecule has 0 spiro atoms. The number of aryl methyl sites for hydroxylation is 2. The van der Waals surface area contributed by atoms with E-state index in [0.29, 0.717) is 11.4 Å². The molecule has 0 bridgehead atoms. The Labute approximate surface area is 134 Å². The summed E-state index contributed by atoms with van der Waals surface area (Å²) in [6.07, 6.45) is 1.64. The Morgan fingerprint density at radius 3 is 2.62 bits per heavy atom. The molecule has 21 heavy (non-hydrogen) atoms.